The van der Waals surface area contributed by atoms with E-state index in [-0.39, 0.29) is 16.7 Å². The predicted octanol–water partition coefficient (Wildman–Crippen LogP) is 6.99. The molecule has 1 saturated carbocycles. The number of rotatable bonds is 9. The summed E-state index contributed by atoms with van der Waals surface area (Å²) in [7, 11) is -0.316. The lowest BCUT2D eigenvalue weighted by molar-refractivity contribution is 0.0959. The van der Waals surface area contributed by atoms with E-state index in [0.29, 0.717) is 40.3 Å². The van der Waals surface area contributed by atoms with Gasteiger partial charge in [-0.2, -0.15) is 5.10 Å². The van der Waals surface area contributed by atoms with Gasteiger partial charge in [-0.1, -0.05) is 44.5 Å². The van der Waals surface area contributed by atoms with Crippen LogP contribution in [0.4, 0.5) is 0 Å². The van der Waals surface area contributed by atoms with E-state index in [1.165, 1.54) is 23.7 Å². The maximum Gasteiger partial charge on any atom is 0.282 e. The Morgan fingerprint density at radius 3 is 2.41 bits per heavy atom. The maximum atomic E-state index is 13.4. The van der Waals surface area contributed by atoms with Gasteiger partial charge in [-0.25, -0.2) is 4.52 Å². The van der Waals surface area contributed by atoms with Crippen LogP contribution in [0.15, 0.2) is 65.8 Å². The molecule has 39 heavy (non-hydrogen) atoms. The molecule has 0 N–H and O–H groups in total. The highest BCUT2D eigenvalue weighted by molar-refractivity contribution is 6.74. The molecule has 2 aromatic carbocycles. The van der Waals surface area contributed by atoms with Crippen molar-refractivity contribution in [2.24, 2.45) is 5.92 Å². The van der Waals surface area contributed by atoms with Crippen LogP contribution >= 0.6 is 11.6 Å². The molecule has 0 amide bonds. The Bertz CT molecular complexity index is 1530. The van der Waals surface area contributed by atoms with Crippen molar-refractivity contribution in [3.05, 3.63) is 76.4 Å². The summed E-state index contributed by atoms with van der Waals surface area (Å²) in [6.07, 6.45) is 5.78. The predicted molar refractivity (Wildman–Crippen MR) is 158 cm³/mol. The molecule has 0 aliphatic heterocycles. The molecular formula is C30H36ClN3O4Si. The average molecular weight is 566 g/mol. The largest absolute Gasteiger partial charge is 0.493 e. The fraction of sp³-hybridized carbons (Fsp3) is 0.400. The molecule has 4 aromatic rings. The van der Waals surface area contributed by atoms with Gasteiger partial charge in [0.15, 0.2) is 19.8 Å². The van der Waals surface area contributed by atoms with Crippen LogP contribution in [-0.2, 0) is 4.43 Å². The Morgan fingerprint density at radius 2 is 1.77 bits per heavy atom. The lowest BCUT2D eigenvalue weighted by Gasteiger charge is -2.39. The molecular weight excluding hydrogens is 530 g/mol. The molecule has 0 bridgehead atoms. The minimum absolute atomic E-state index is 0.0636. The molecule has 1 aliphatic carbocycles. The Labute approximate surface area is 235 Å². The summed E-state index contributed by atoms with van der Waals surface area (Å²) >= 11 is 6.03. The van der Waals surface area contributed by atoms with Crippen LogP contribution in [0.1, 0.15) is 33.6 Å². The van der Waals surface area contributed by atoms with Crippen molar-refractivity contribution in [1.82, 2.24) is 14.2 Å². The molecule has 206 valence electrons. The Balaban J connectivity index is 1.38. The SMILES string of the molecule is COc1cc(-n2cnn3cc(-c4ccc(Cl)cc4)cc3c2=O)ccc1OCC(O[Si](C)(C)C(C)(C)C)C1CC1. The lowest BCUT2D eigenvalue weighted by atomic mass is 10.1. The fourth-order valence-electron chi connectivity index (χ4n) is 4.36. The quantitative estimate of drug-likeness (QED) is 0.204. The van der Waals surface area contributed by atoms with E-state index in [9.17, 15) is 4.79 Å². The second-order valence-corrected chi connectivity index (χ2v) is 17.0. The summed E-state index contributed by atoms with van der Waals surface area (Å²) in [5, 5.41) is 5.27. The van der Waals surface area contributed by atoms with Crippen molar-refractivity contribution in [1.29, 1.82) is 0 Å². The molecule has 2 heterocycles. The third-order valence-corrected chi connectivity index (χ3v) is 12.7. The van der Waals surface area contributed by atoms with Gasteiger partial charge in [-0.3, -0.25) is 9.36 Å². The first-order valence-electron chi connectivity index (χ1n) is 13.3. The van der Waals surface area contributed by atoms with E-state index in [4.69, 9.17) is 25.5 Å². The summed E-state index contributed by atoms with van der Waals surface area (Å²) < 4.78 is 21.8. The van der Waals surface area contributed by atoms with Gasteiger partial charge >= 0.3 is 0 Å². The summed E-state index contributed by atoms with van der Waals surface area (Å²) in [6, 6.07) is 14.8. The highest BCUT2D eigenvalue weighted by atomic mass is 35.5. The van der Waals surface area contributed by atoms with Gasteiger partial charge in [0.1, 0.15) is 18.5 Å². The van der Waals surface area contributed by atoms with Crippen molar-refractivity contribution in [2.45, 2.75) is 57.8 Å². The van der Waals surface area contributed by atoms with E-state index in [1.807, 2.05) is 48.7 Å². The van der Waals surface area contributed by atoms with Gasteiger partial charge in [-0.05, 0) is 72.8 Å². The molecule has 2 aromatic heterocycles. The maximum absolute atomic E-state index is 13.4. The van der Waals surface area contributed by atoms with Gasteiger partial charge in [0.05, 0.1) is 18.9 Å². The van der Waals surface area contributed by atoms with E-state index in [0.717, 1.165) is 11.1 Å². The number of benzene rings is 2. The first-order chi connectivity index (χ1) is 18.5. The number of methoxy groups -OCH3 is 1. The van der Waals surface area contributed by atoms with Crippen molar-refractivity contribution >= 4 is 25.4 Å². The minimum Gasteiger partial charge on any atom is -0.493 e. The number of halogens is 1. The molecule has 1 unspecified atom stereocenters. The van der Waals surface area contributed by atoms with Crippen LogP contribution < -0.4 is 15.0 Å². The number of hydrogen-bond donors (Lipinski definition) is 0. The average Bonchev–Trinajstić information content (AvgIpc) is 3.65. The van der Waals surface area contributed by atoms with E-state index < -0.39 is 8.32 Å². The first kappa shape index (κ1) is 27.5. The van der Waals surface area contributed by atoms with Crippen LogP contribution in [0.25, 0.3) is 22.3 Å². The van der Waals surface area contributed by atoms with Gasteiger partial charge < -0.3 is 13.9 Å². The van der Waals surface area contributed by atoms with Crippen molar-refractivity contribution < 1.29 is 13.9 Å². The Morgan fingerprint density at radius 1 is 1.05 bits per heavy atom. The van der Waals surface area contributed by atoms with Crippen LogP contribution in [0.3, 0.4) is 0 Å². The standard InChI is InChI=1S/C30H36ClN3O4Si/c1-30(2,3)39(5,6)38-28(21-7-8-21)18-37-26-14-13-24(16-27(26)36-4)33-19-32-34-17-22(15-25(34)29(33)35)20-9-11-23(31)12-10-20/h9-17,19,21,28H,7-8,18H2,1-6H3. The zero-order valence-corrected chi connectivity index (χ0v) is 25.2. The van der Waals surface area contributed by atoms with Gasteiger partial charge in [0.25, 0.3) is 5.56 Å². The highest BCUT2D eigenvalue weighted by Crippen LogP contribution is 2.42. The fourth-order valence-corrected chi connectivity index (χ4v) is 5.86. The molecule has 9 heteroatoms. The second kappa shape index (κ2) is 10.5. The smallest absolute Gasteiger partial charge is 0.282 e. The molecule has 7 nitrogen and oxygen atoms in total. The van der Waals surface area contributed by atoms with E-state index >= 15 is 0 Å². The number of aromatic nitrogens is 3. The molecule has 1 aliphatic rings. The molecule has 5 rings (SSSR count). The summed E-state index contributed by atoms with van der Waals surface area (Å²) in [6.45, 7) is 11.8. The number of fused-ring (bicyclic) bond motifs is 1. The third kappa shape index (κ3) is 5.78. The minimum atomic E-state index is -1.92. The van der Waals surface area contributed by atoms with E-state index in [2.05, 4.69) is 39.0 Å². The zero-order chi connectivity index (χ0) is 27.9. The number of ether oxygens (including phenoxy) is 2. The van der Waals surface area contributed by atoms with Crippen LogP contribution in [0.5, 0.6) is 11.5 Å². The van der Waals surface area contributed by atoms with Crippen molar-refractivity contribution in [3.63, 3.8) is 0 Å². The summed E-state index contributed by atoms with van der Waals surface area (Å²) in [5.41, 5.74) is 2.78. The second-order valence-electron chi connectivity index (χ2n) is 11.8. The molecule has 0 radical (unpaired) electrons. The Hall–Kier alpha value is -3.07. The lowest BCUT2D eigenvalue weighted by Crippen LogP contribution is -2.46. The van der Waals surface area contributed by atoms with Gasteiger partial charge in [-0.15, -0.1) is 0 Å². The number of nitrogens with zero attached hydrogens (tertiary/aromatic N) is 3. The van der Waals surface area contributed by atoms with E-state index in [1.54, 1.807) is 17.7 Å². The topological polar surface area (TPSA) is 67.0 Å². The molecule has 1 fully saturated rings. The van der Waals surface area contributed by atoms with Gasteiger partial charge in [0.2, 0.25) is 0 Å². The van der Waals surface area contributed by atoms with Crippen LogP contribution in [0, 0.1) is 5.92 Å². The zero-order valence-electron chi connectivity index (χ0n) is 23.4. The van der Waals surface area contributed by atoms with Gasteiger partial charge in [0, 0.05) is 22.8 Å². The molecule has 0 saturated heterocycles. The van der Waals surface area contributed by atoms with Crippen LogP contribution in [0.2, 0.25) is 23.2 Å². The highest BCUT2D eigenvalue weighted by Gasteiger charge is 2.43. The van der Waals surface area contributed by atoms with Crippen molar-refractivity contribution in [2.75, 3.05) is 13.7 Å². The summed E-state index contributed by atoms with van der Waals surface area (Å²) in [4.78, 5) is 13.4. The normalized spacial score (nSPS) is 14.9. The third-order valence-electron chi connectivity index (χ3n) is 7.94. The summed E-state index contributed by atoms with van der Waals surface area (Å²) in [5.74, 6) is 1.72. The monoisotopic (exact) mass is 565 g/mol. The van der Waals surface area contributed by atoms with Crippen LogP contribution in [-0.4, -0.2) is 42.3 Å². The van der Waals surface area contributed by atoms with Crippen molar-refractivity contribution in [3.8, 4) is 28.3 Å². The number of hydrogen-bond acceptors (Lipinski definition) is 5. The molecule has 0 spiro atoms. The first-order valence-corrected chi connectivity index (χ1v) is 16.6. The molecule has 1 atom stereocenters. The Kier molecular flexibility index (Phi) is 7.39.